The number of carbonyl (C=O) groups excluding carboxylic acids is 1. The van der Waals surface area contributed by atoms with Crippen LogP contribution in [0.25, 0.3) is 0 Å². The Morgan fingerprint density at radius 2 is 2.24 bits per heavy atom. The maximum absolute atomic E-state index is 11.3. The predicted octanol–water partition coefficient (Wildman–Crippen LogP) is 1.60. The molecule has 0 aliphatic heterocycles. The van der Waals surface area contributed by atoms with Gasteiger partial charge < -0.3 is 14.8 Å². The predicted molar refractivity (Wildman–Crippen MR) is 66.0 cm³/mol. The fraction of sp³-hybridized carbons (Fsp3) is 0.462. The topological polar surface area (TPSA) is 47.6 Å². The number of esters is 1. The van der Waals surface area contributed by atoms with E-state index in [2.05, 4.69) is 17.0 Å². The largest absolute Gasteiger partial charge is 0.465 e. The van der Waals surface area contributed by atoms with Gasteiger partial charge in [0.05, 0.1) is 25.9 Å². The summed E-state index contributed by atoms with van der Waals surface area (Å²) in [5.74, 6) is -0.320. The molecule has 4 nitrogen and oxygen atoms in total. The Hall–Kier alpha value is -1.39. The van der Waals surface area contributed by atoms with Gasteiger partial charge in [-0.2, -0.15) is 0 Å². The second kappa shape index (κ2) is 7.81. The molecule has 1 aromatic rings. The Morgan fingerprint density at radius 3 is 2.94 bits per heavy atom. The van der Waals surface area contributed by atoms with Gasteiger partial charge in [0.25, 0.3) is 0 Å². The van der Waals surface area contributed by atoms with Crippen LogP contribution in [0.15, 0.2) is 24.3 Å². The third-order valence-electron chi connectivity index (χ3n) is 2.29. The molecular weight excluding hydrogens is 218 g/mol. The molecule has 0 aliphatic rings. The Balaban J connectivity index is 2.40. The van der Waals surface area contributed by atoms with Gasteiger partial charge in [0.2, 0.25) is 0 Å². The monoisotopic (exact) mass is 237 g/mol. The number of likely N-dealkylation sites (N-methyl/N-ethyl adjacent to an activating group) is 1. The lowest BCUT2D eigenvalue weighted by Crippen LogP contribution is -2.18. The van der Waals surface area contributed by atoms with Gasteiger partial charge in [-0.05, 0) is 24.2 Å². The summed E-state index contributed by atoms with van der Waals surface area (Å²) >= 11 is 0. The summed E-state index contributed by atoms with van der Waals surface area (Å²) in [6, 6.07) is 7.28. The van der Waals surface area contributed by atoms with E-state index in [0.717, 1.165) is 18.7 Å². The van der Waals surface area contributed by atoms with Crippen molar-refractivity contribution in [3.63, 3.8) is 0 Å². The molecule has 0 bridgehead atoms. The lowest BCUT2D eigenvalue weighted by atomic mass is 10.1. The van der Waals surface area contributed by atoms with Gasteiger partial charge >= 0.3 is 5.97 Å². The van der Waals surface area contributed by atoms with Crippen LogP contribution in [0.4, 0.5) is 0 Å². The summed E-state index contributed by atoms with van der Waals surface area (Å²) in [5, 5.41) is 3.17. The van der Waals surface area contributed by atoms with Crippen LogP contribution in [0.3, 0.4) is 0 Å². The summed E-state index contributed by atoms with van der Waals surface area (Å²) in [6.45, 7) is 5.01. The molecule has 0 unspecified atom stereocenters. The maximum Gasteiger partial charge on any atom is 0.337 e. The Kier molecular flexibility index (Phi) is 6.29. The van der Waals surface area contributed by atoms with Crippen molar-refractivity contribution in [3.8, 4) is 0 Å². The second-order valence-electron chi connectivity index (χ2n) is 3.60. The van der Waals surface area contributed by atoms with Gasteiger partial charge in [-0.15, -0.1) is 0 Å². The molecule has 0 saturated carbocycles. The van der Waals surface area contributed by atoms with E-state index < -0.39 is 0 Å². The van der Waals surface area contributed by atoms with E-state index in [1.165, 1.54) is 7.11 Å². The van der Waals surface area contributed by atoms with Crippen LogP contribution in [-0.2, 0) is 16.1 Å². The zero-order valence-electron chi connectivity index (χ0n) is 10.4. The zero-order chi connectivity index (χ0) is 12.5. The van der Waals surface area contributed by atoms with E-state index in [4.69, 9.17) is 4.74 Å². The Morgan fingerprint density at radius 1 is 1.41 bits per heavy atom. The molecule has 1 rings (SSSR count). The summed E-state index contributed by atoms with van der Waals surface area (Å²) in [4.78, 5) is 11.3. The zero-order valence-corrected chi connectivity index (χ0v) is 10.4. The number of methoxy groups -OCH3 is 1. The van der Waals surface area contributed by atoms with Gasteiger partial charge in [-0.1, -0.05) is 19.1 Å². The molecule has 1 aromatic carbocycles. The minimum absolute atomic E-state index is 0.320. The molecule has 1 N–H and O–H groups in total. The molecule has 0 heterocycles. The molecule has 17 heavy (non-hydrogen) atoms. The third-order valence-corrected chi connectivity index (χ3v) is 2.29. The van der Waals surface area contributed by atoms with Crippen LogP contribution in [0.2, 0.25) is 0 Å². The van der Waals surface area contributed by atoms with Gasteiger partial charge in [-0.3, -0.25) is 0 Å². The van der Waals surface area contributed by atoms with Crippen molar-refractivity contribution in [1.82, 2.24) is 5.32 Å². The number of ether oxygens (including phenoxy) is 2. The highest BCUT2D eigenvalue weighted by atomic mass is 16.5. The molecule has 4 heteroatoms. The molecule has 94 valence electrons. The van der Waals surface area contributed by atoms with E-state index in [0.29, 0.717) is 18.8 Å². The SMILES string of the molecule is CCNCCOCc1cccc(C(=O)OC)c1. The first-order valence-corrected chi connectivity index (χ1v) is 5.73. The van der Waals surface area contributed by atoms with E-state index in [1.54, 1.807) is 12.1 Å². The van der Waals surface area contributed by atoms with E-state index >= 15 is 0 Å². The van der Waals surface area contributed by atoms with Crippen molar-refractivity contribution in [2.24, 2.45) is 0 Å². The Labute approximate surface area is 102 Å². The Bertz CT molecular complexity index is 352. The summed E-state index contributed by atoms with van der Waals surface area (Å²) in [7, 11) is 1.38. The van der Waals surface area contributed by atoms with Crippen molar-refractivity contribution in [1.29, 1.82) is 0 Å². The molecule has 0 fully saturated rings. The molecule has 0 radical (unpaired) electrons. The van der Waals surface area contributed by atoms with E-state index in [-0.39, 0.29) is 5.97 Å². The normalized spacial score (nSPS) is 10.2. The fourth-order valence-corrected chi connectivity index (χ4v) is 1.42. The lowest BCUT2D eigenvalue weighted by Gasteiger charge is -2.06. The number of hydrogen-bond acceptors (Lipinski definition) is 4. The van der Waals surface area contributed by atoms with Gasteiger partial charge in [0, 0.05) is 6.54 Å². The smallest absolute Gasteiger partial charge is 0.337 e. The highest BCUT2D eigenvalue weighted by Gasteiger charge is 2.05. The van der Waals surface area contributed by atoms with Crippen molar-refractivity contribution >= 4 is 5.97 Å². The first kappa shape index (κ1) is 13.7. The fourth-order valence-electron chi connectivity index (χ4n) is 1.42. The van der Waals surface area contributed by atoms with Crippen molar-refractivity contribution in [3.05, 3.63) is 35.4 Å². The van der Waals surface area contributed by atoms with Gasteiger partial charge in [-0.25, -0.2) is 4.79 Å². The standard InChI is InChI=1S/C13H19NO3/c1-3-14-7-8-17-10-11-5-4-6-12(9-11)13(15)16-2/h4-6,9,14H,3,7-8,10H2,1-2H3. The first-order valence-electron chi connectivity index (χ1n) is 5.73. The van der Waals surface area contributed by atoms with Crippen molar-refractivity contribution in [2.75, 3.05) is 26.8 Å². The third kappa shape index (κ3) is 4.97. The average molecular weight is 237 g/mol. The van der Waals surface area contributed by atoms with Crippen LogP contribution in [0.1, 0.15) is 22.8 Å². The summed E-state index contributed by atoms with van der Waals surface area (Å²) in [5.41, 5.74) is 1.53. The minimum Gasteiger partial charge on any atom is -0.465 e. The summed E-state index contributed by atoms with van der Waals surface area (Å²) in [6.07, 6.45) is 0. The number of rotatable bonds is 7. The molecule has 0 saturated heterocycles. The molecular formula is C13H19NO3. The summed E-state index contributed by atoms with van der Waals surface area (Å²) < 4.78 is 10.1. The molecule has 0 amide bonds. The lowest BCUT2D eigenvalue weighted by molar-refractivity contribution is 0.0600. The molecule has 0 atom stereocenters. The van der Waals surface area contributed by atoms with Crippen LogP contribution in [0.5, 0.6) is 0 Å². The molecule has 0 spiro atoms. The number of hydrogen-bond donors (Lipinski definition) is 1. The van der Waals surface area contributed by atoms with Crippen LogP contribution in [-0.4, -0.2) is 32.8 Å². The van der Waals surface area contributed by atoms with E-state index in [1.807, 2.05) is 12.1 Å². The quantitative estimate of drug-likeness (QED) is 0.578. The number of benzene rings is 1. The number of carbonyl (C=O) groups is 1. The van der Waals surface area contributed by atoms with E-state index in [9.17, 15) is 4.79 Å². The highest BCUT2D eigenvalue weighted by molar-refractivity contribution is 5.89. The van der Waals surface area contributed by atoms with Crippen LogP contribution >= 0.6 is 0 Å². The van der Waals surface area contributed by atoms with Crippen LogP contribution in [0, 0.1) is 0 Å². The van der Waals surface area contributed by atoms with Gasteiger partial charge in [0.1, 0.15) is 0 Å². The van der Waals surface area contributed by atoms with Crippen molar-refractivity contribution < 1.29 is 14.3 Å². The highest BCUT2D eigenvalue weighted by Crippen LogP contribution is 2.07. The minimum atomic E-state index is -0.320. The maximum atomic E-state index is 11.3. The van der Waals surface area contributed by atoms with Crippen LogP contribution < -0.4 is 5.32 Å². The second-order valence-corrected chi connectivity index (χ2v) is 3.60. The van der Waals surface area contributed by atoms with Gasteiger partial charge in [0.15, 0.2) is 0 Å². The molecule has 0 aromatic heterocycles. The first-order chi connectivity index (χ1) is 8.27. The molecule has 0 aliphatic carbocycles. The van der Waals surface area contributed by atoms with Crippen molar-refractivity contribution in [2.45, 2.75) is 13.5 Å². The average Bonchev–Trinajstić information content (AvgIpc) is 2.38. The number of nitrogens with one attached hydrogen (secondary N) is 1.